The third-order valence-corrected chi connectivity index (χ3v) is 5.37. The van der Waals surface area contributed by atoms with E-state index in [0.717, 1.165) is 47.0 Å². The Morgan fingerprint density at radius 3 is 2.66 bits per heavy atom. The van der Waals surface area contributed by atoms with Crippen molar-refractivity contribution < 1.29 is 4.74 Å². The predicted molar refractivity (Wildman–Crippen MR) is 125 cm³/mol. The fraction of sp³-hybridized carbons (Fsp3) is 0.261. The SMILES string of the molecule is Cc1cccc(C=NNc2nc(N3CCOCC3)c3nc(-c4ccncc4)n(C)c3n2)c1. The lowest BCUT2D eigenvalue weighted by Crippen LogP contribution is -2.37. The summed E-state index contributed by atoms with van der Waals surface area (Å²) >= 11 is 0. The standard InChI is InChI=1S/C23H24N8O/c1-16-4-3-5-17(14-16)15-25-29-23-27-21-19(22(28-23)31-10-12-32-13-11-31)26-20(30(21)2)18-6-8-24-9-7-18/h3-9,14-15H,10-13H2,1-2H3,(H,27,28,29). The maximum atomic E-state index is 5.53. The van der Waals surface area contributed by atoms with E-state index < -0.39 is 0 Å². The average molecular weight is 429 g/mol. The first-order valence-electron chi connectivity index (χ1n) is 10.5. The van der Waals surface area contributed by atoms with Gasteiger partial charge in [-0.15, -0.1) is 0 Å². The van der Waals surface area contributed by atoms with Crippen LogP contribution in [0.4, 0.5) is 11.8 Å². The molecule has 9 nitrogen and oxygen atoms in total. The van der Waals surface area contributed by atoms with E-state index in [-0.39, 0.29) is 0 Å². The number of pyridine rings is 1. The number of benzene rings is 1. The molecule has 1 aliphatic rings. The van der Waals surface area contributed by atoms with Crippen LogP contribution in [0.2, 0.25) is 0 Å². The van der Waals surface area contributed by atoms with Crippen LogP contribution in [0.3, 0.4) is 0 Å². The second kappa shape index (κ2) is 8.72. The average Bonchev–Trinajstić information content (AvgIpc) is 3.16. The molecule has 162 valence electrons. The zero-order valence-corrected chi connectivity index (χ0v) is 18.1. The van der Waals surface area contributed by atoms with Crippen molar-refractivity contribution in [3.8, 4) is 11.4 Å². The molecule has 1 aromatic carbocycles. The van der Waals surface area contributed by atoms with E-state index in [2.05, 4.69) is 39.5 Å². The Morgan fingerprint density at radius 2 is 1.88 bits per heavy atom. The molecule has 1 aliphatic heterocycles. The molecular formula is C23H24N8O. The van der Waals surface area contributed by atoms with Gasteiger partial charge >= 0.3 is 0 Å². The second-order valence-corrected chi connectivity index (χ2v) is 7.66. The number of hydrazone groups is 1. The first-order chi connectivity index (χ1) is 15.7. The molecule has 0 spiro atoms. The van der Waals surface area contributed by atoms with Crippen LogP contribution in [-0.2, 0) is 11.8 Å². The fourth-order valence-corrected chi connectivity index (χ4v) is 3.77. The number of anilines is 2. The summed E-state index contributed by atoms with van der Waals surface area (Å²) in [6.45, 7) is 4.87. The molecule has 0 atom stereocenters. The zero-order valence-electron chi connectivity index (χ0n) is 18.1. The van der Waals surface area contributed by atoms with Crippen molar-refractivity contribution in [1.29, 1.82) is 0 Å². The van der Waals surface area contributed by atoms with Crippen molar-refractivity contribution in [2.45, 2.75) is 6.92 Å². The Morgan fingerprint density at radius 1 is 1.06 bits per heavy atom. The normalized spacial score (nSPS) is 14.4. The lowest BCUT2D eigenvalue weighted by molar-refractivity contribution is 0.122. The Balaban J connectivity index is 1.55. The van der Waals surface area contributed by atoms with Gasteiger partial charge in [0.15, 0.2) is 17.0 Å². The summed E-state index contributed by atoms with van der Waals surface area (Å²) < 4.78 is 7.51. The van der Waals surface area contributed by atoms with Crippen molar-refractivity contribution in [2.75, 3.05) is 36.6 Å². The third-order valence-electron chi connectivity index (χ3n) is 5.37. The van der Waals surface area contributed by atoms with Crippen LogP contribution in [0.25, 0.3) is 22.6 Å². The number of morpholine rings is 1. The van der Waals surface area contributed by atoms with Gasteiger partial charge in [0.1, 0.15) is 5.82 Å². The first-order valence-corrected chi connectivity index (χ1v) is 10.5. The molecule has 5 rings (SSSR count). The molecule has 3 aromatic heterocycles. The number of ether oxygens (including phenoxy) is 1. The van der Waals surface area contributed by atoms with Crippen molar-refractivity contribution >= 4 is 29.1 Å². The lowest BCUT2D eigenvalue weighted by Gasteiger charge is -2.27. The summed E-state index contributed by atoms with van der Waals surface area (Å²) in [5.74, 6) is 2.02. The Labute approximate surface area is 185 Å². The van der Waals surface area contributed by atoms with Crippen molar-refractivity contribution in [3.63, 3.8) is 0 Å². The van der Waals surface area contributed by atoms with Crippen LogP contribution in [0.15, 0.2) is 53.9 Å². The number of hydrogen-bond donors (Lipinski definition) is 1. The fourth-order valence-electron chi connectivity index (χ4n) is 3.77. The highest BCUT2D eigenvalue weighted by Crippen LogP contribution is 2.29. The number of nitrogens with zero attached hydrogens (tertiary/aromatic N) is 7. The lowest BCUT2D eigenvalue weighted by atomic mass is 10.2. The molecule has 0 unspecified atom stereocenters. The van der Waals surface area contributed by atoms with E-state index in [1.165, 1.54) is 5.56 Å². The van der Waals surface area contributed by atoms with Crippen LogP contribution < -0.4 is 10.3 Å². The summed E-state index contributed by atoms with van der Waals surface area (Å²) in [5, 5.41) is 4.36. The van der Waals surface area contributed by atoms with Gasteiger partial charge in [0.05, 0.1) is 19.4 Å². The second-order valence-electron chi connectivity index (χ2n) is 7.66. The van der Waals surface area contributed by atoms with Gasteiger partial charge in [-0.3, -0.25) is 4.98 Å². The van der Waals surface area contributed by atoms with Gasteiger partial charge in [-0.05, 0) is 24.6 Å². The van der Waals surface area contributed by atoms with E-state index in [1.54, 1.807) is 18.6 Å². The highest BCUT2D eigenvalue weighted by Gasteiger charge is 2.22. The number of hydrogen-bond acceptors (Lipinski definition) is 8. The van der Waals surface area contributed by atoms with E-state index in [9.17, 15) is 0 Å². The highest BCUT2D eigenvalue weighted by atomic mass is 16.5. The maximum Gasteiger partial charge on any atom is 0.247 e. The molecule has 4 heterocycles. The molecule has 1 N–H and O–H groups in total. The molecule has 9 heteroatoms. The van der Waals surface area contributed by atoms with Gasteiger partial charge < -0.3 is 14.2 Å². The number of imidazole rings is 1. The van der Waals surface area contributed by atoms with Gasteiger partial charge in [0.25, 0.3) is 0 Å². The number of aromatic nitrogens is 5. The highest BCUT2D eigenvalue weighted by molar-refractivity contribution is 5.88. The van der Waals surface area contributed by atoms with Gasteiger partial charge in [-0.2, -0.15) is 15.1 Å². The number of aryl methyl sites for hydroxylation is 2. The van der Waals surface area contributed by atoms with Crippen LogP contribution >= 0.6 is 0 Å². The number of rotatable bonds is 5. The van der Waals surface area contributed by atoms with Crippen LogP contribution in [0.1, 0.15) is 11.1 Å². The van der Waals surface area contributed by atoms with Crippen LogP contribution in [-0.4, -0.2) is 57.0 Å². The van der Waals surface area contributed by atoms with Crippen LogP contribution in [0.5, 0.6) is 0 Å². The predicted octanol–water partition coefficient (Wildman–Crippen LogP) is 3.02. The zero-order chi connectivity index (χ0) is 21.9. The summed E-state index contributed by atoms with van der Waals surface area (Å²) in [7, 11) is 1.96. The van der Waals surface area contributed by atoms with Gasteiger partial charge in [-0.25, -0.2) is 10.4 Å². The molecule has 0 amide bonds. The number of fused-ring (bicyclic) bond motifs is 1. The van der Waals surface area contributed by atoms with Gasteiger partial charge in [0, 0.05) is 38.1 Å². The van der Waals surface area contributed by atoms with Gasteiger partial charge in [0.2, 0.25) is 5.95 Å². The van der Waals surface area contributed by atoms with E-state index in [4.69, 9.17) is 19.7 Å². The maximum absolute atomic E-state index is 5.53. The van der Waals surface area contributed by atoms with Gasteiger partial charge in [-0.1, -0.05) is 29.8 Å². The van der Waals surface area contributed by atoms with Crippen molar-refractivity contribution in [2.24, 2.45) is 12.1 Å². The minimum Gasteiger partial charge on any atom is -0.378 e. The molecule has 0 saturated carbocycles. The Hall–Kier alpha value is -3.85. The largest absolute Gasteiger partial charge is 0.378 e. The minimum absolute atomic E-state index is 0.423. The summed E-state index contributed by atoms with van der Waals surface area (Å²) in [5.41, 5.74) is 7.65. The molecule has 32 heavy (non-hydrogen) atoms. The summed E-state index contributed by atoms with van der Waals surface area (Å²) in [6, 6.07) is 12.0. The first kappa shape index (κ1) is 20.1. The molecule has 1 fully saturated rings. The number of nitrogens with one attached hydrogen (secondary N) is 1. The monoisotopic (exact) mass is 428 g/mol. The molecule has 0 aliphatic carbocycles. The van der Waals surface area contributed by atoms with Crippen molar-refractivity contribution in [1.82, 2.24) is 24.5 Å². The smallest absolute Gasteiger partial charge is 0.247 e. The third kappa shape index (κ3) is 4.02. The summed E-state index contributed by atoms with van der Waals surface area (Å²) in [6.07, 6.45) is 5.28. The van der Waals surface area contributed by atoms with E-state index >= 15 is 0 Å². The van der Waals surface area contributed by atoms with Crippen molar-refractivity contribution in [3.05, 3.63) is 59.9 Å². The quantitative estimate of drug-likeness (QED) is 0.386. The van der Waals surface area contributed by atoms with E-state index in [0.29, 0.717) is 19.2 Å². The summed E-state index contributed by atoms with van der Waals surface area (Å²) in [4.78, 5) is 20.7. The minimum atomic E-state index is 0.423. The molecule has 0 bridgehead atoms. The molecule has 0 radical (unpaired) electrons. The van der Waals surface area contributed by atoms with Crippen LogP contribution in [0, 0.1) is 6.92 Å². The molecular weight excluding hydrogens is 404 g/mol. The van der Waals surface area contributed by atoms with E-state index in [1.807, 2.05) is 35.9 Å². The Bertz CT molecular complexity index is 1260. The molecule has 4 aromatic rings. The topological polar surface area (TPSA) is 93.4 Å². The molecule has 1 saturated heterocycles. The Kier molecular flexibility index (Phi) is 5.47.